The number of unbranched alkanes of at least 4 members (excludes halogenated alkanes) is 1. The number of hydrogen-bond donors (Lipinski definition) is 0. The number of benzene rings is 2. The van der Waals surface area contributed by atoms with Gasteiger partial charge in [-0.05, 0) is 57.3 Å². The van der Waals surface area contributed by atoms with Gasteiger partial charge in [-0.3, -0.25) is 14.6 Å². The van der Waals surface area contributed by atoms with Crippen LogP contribution in [0.15, 0.2) is 53.5 Å². The summed E-state index contributed by atoms with van der Waals surface area (Å²) in [7, 11) is 2.02. The van der Waals surface area contributed by atoms with Crippen molar-refractivity contribution in [2.24, 2.45) is 4.99 Å². The Balaban J connectivity index is 1.86. The number of anilines is 1. The van der Waals surface area contributed by atoms with Gasteiger partial charge in [-0.15, -0.1) is 0 Å². The minimum Gasteiger partial charge on any atom is -0.462 e. The summed E-state index contributed by atoms with van der Waals surface area (Å²) in [6.07, 6.45) is 2.21. The summed E-state index contributed by atoms with van der Waals surface area (Å²) in [5.41, 5.74) is 3.22. The number of amides is 1. The van der Waals surface area contributed by atoms with Gasteiger partial charge in [-0.25, -0.2) is 9.79 Å². The SMILES string of the molecule is CCCCN(C)CN1C(=O)C(=Nc2ccc(C(=O)OCC)cc2)c2ccccc21. The van der Waals surface area contributed by atoms with Gasteiger partial charge in [-0.2, -0.15) is 0 Å². The molecule has 0 spiro atoms. The summed E-state index contributed by atoms with van der Waals surface area (Å²) in [5, 5.41) is 0. The third kappa shape index (κ3) is 4.71. The lowest BCUT2D eigenvalue weighted by Crippen LogP contribution is -2.39. The van der Waals surface area contributed by atoms with E-state index in [4.69, 9.17) is 4.74 Å². The molecule has 3 rings (SSSR count). The van der Waals surface area contributed by atoms with Gasteiger partial charge in [0.1, 0.15) is 5.71 Å². The standard InChI is InChI=1S/C23H27N3O3/c1-4-6-15-25(3)16-26-20-10-8-7-9-19(20)21(22(26)27)24-18-13-11-17(12-14-18)23(28)29-5-2/h7-14H,4-6,15-16H2,1-3H3. The lowest BCUT2D eigenvalue weighted by Gasteiger charge is -2.24. The molecule has 6 heteroatoms. The van der Waals surface area contributed by atoms with Crippen molar-refractivity contribution in [2.45, 2.75) is 26.7 Å². The number of carbonyl (C=O) groups is 2. The molecule has 1 heterocycles. The third-order valence-corrected chi connectivity index (χ3v) is 4.79. The van der Waals surface area contributed by atoms with Gasteiger partial charge in [0.15, 0.2) is 0 Å². The Morgan fingerprint density at radius 1 is 1.10 bits per heavy atom. The van der Waals surface area contributed by atoms with Gasteiger partial charge < -0.3 is 4.74 Å². The van der Waals surface area contributed by atoms with Crippen LogP contribution < -0.4 is 4.90 Å². The van der Waals surface area contributed by atoms with Crippen molar-refractivity contribution in [1.82, 2.24) is 4.90 Å². The topological polar surface area (TPSA) is 62.2 Å². The molecule has 0 fully saturated rings. The van der Waals surface area contributed by atoms with E-state index in [1.54, 1.807) is 36.1 Å². The molecule has 0 bridgehead atoms. The zero-order valence-corrected chi connectivity index (χ0v) is 17.2. The predicted octanol–water partition coefficient (Wildman–Crippen LogP) is 4.02. The summed E-state index contributed by atoms with van der Waals surface area (Å²) in [6.45, 7) is 5.71. The van der Waals surface area contributed by atoms with Gasteiger partial charge >= 0.3 is 5.97 Å². The molecule has 6 nitrogen and oxygen atoms in total. The van der Waals surface area contributed by atoms with Crippen LogP contribution in [0.1, 0.15) is 42.6 Å². The van der Waals surface area contributed by atoms with E-state index in [2.05, 4.69) is 16.8 Å². The minimum absolute atomic E-state index is 0.107. The first kappa shape index (κ1) is 20.7. The number of hydrogen-bond acceptors (Lipinski definition) is 5. The third-order valence-electron chi connectivity index (χ3n) is 4.79. The van der Waals surface area contributed by atoms with Crippen LogP contribution in [0.3, 0.4) is 0 Å². The van der Waals surface area contributed by atoms with Crippen molar-refractivity contribution in [3.05, 3.63) is 59.7 Å². The van der Waals surface area contributed by atoms with Crippen molar-refractivity contribution in [3.8, 4) is 0 Å². The first-order valence-electron chi connectivity index (χ1n) is 10.0. The highest BCUT2D eigenvalue weighted by Crippen LogP contribution is 2.31. The smallest absolute Gasteiger partial charge is 0.338 e. The van der Waals surface area contributed by atoms with Crippen LogP contribution in [-0.2, 0) is 9.53 Å². The molecule has 0 N–H and O–H groups in total. The summed E-state index contributed by atoms with van der Waals surface area (Å²) >= 11 is 0. The Morgan fingerprint density at radius 3 is 2.52 bits per heavy atom. The second-order valence-corrected chi connectivity index (χ2v) is 7.05. The zero-order valence-electron chi connectivity index (χ0n) is 17.2. The van der Waals surface area contributed by atoms with Crippen molar-refractivity contribution < 1.29 is 14.3 Å². The number of fused-ring (bicyclic) bond motifs is 1. The molecule has 0 aliphatic carbocycles. The van der Waals surface area contributed by atoms with Crippen LogP contribution in [0, 0.1) is 0 Å². The number of ether oxygens (including phenoxy) is 1. The number of nitrogens with zero attached hydrogens (tertiary/aromatic N) is 3. The second kappa shape index (κ2) is 9.47. The Labute approximate surface area is 171 Å². The highest BCUT2D eigenvalue weighted by atomic mass is 16.5. The molecule has 1 aliphatic rings. The van der Waals surface area contributed by atoms with E-state index in [9.17, 15) is 9.59 Å². The molecule has 0 aromatic heterocycles. The molecule has 2 aromatic carbocycles. The summed E-state index contributed by atoms with van der Waals surface area (Å²) in [5.74, 6) is -0.473. The van der Waals surface area contributed by atoms with Crippen LogP contribution in [-0.4, -0.2) is 49.4 Å². The Hall–Kier alpha value is -2.99. The minimum atomic E-state index is -0.365. The highest BCUT2D eigenvalue weighted by Gasteiger charge is 2.34. The van der Waals surface area contributed by atoms with E-state index in [0.717, 1.165) is 30.6 Å². The van der Waals surface area contributed by atoms with Gasteiger partial charge in [0.25, 0.3) is 5.91 Å². The highest BCUT2D eigenvalue weighted by molar-refractivity contribution is 6.54. The van der Waals surface area contributed by atoms with E-state index >= 15 is 0 Å². The van der Waals surface area contributed by atoms with E-state index in [1.165, 1.54) is 0 Å². The number of esters is 1. The monoisotopic (exact) mass is 393 g/mol. The van der Waals surface area contributed by atoms with Crippen LogP contribution in [0.4, 0.5) is 11.4 Å². The van der Waals surface area contributed by atoms with Crippen LogP contribution in [0.25, 0.3) is 0 Å². The second-order valence-electron chi connectivity index (χ2n) is 7.05. The van der Waals surface area contributed by atoms with Crippen LogP contribution in [0.5, 0.6) is 0 Å². The van der Waals surface area contributed by atoms with E-state index < -0.39 is 0 Å². The summed E-state index contributed by atoms with van der Waals surface area (Å²) in [6, 6.07) is 14.5. The molecular formula is C23H27N3O3. The molecule has 1 amide bonds. The molecule has 0 saturated carbocycles. The maximum Gasteiger partial charge on any atom is 0.338 e. The fraction of sp³-hybridized carbons (Fsp3) is 0.348. The predicted molar refractivity (Wildman–Crippen MR) is 115 cm³/mol. The molecule has 29 heavy (non-hydrogen) atoms. The maximum absolute atomic E-state index is 13.1. The van der Waals surface area contributed by atoms with Crippen molar-refractivity contribution >= 4 is 29.0 Å². The fourth-order valence-electron chi connectivity index (χ4n) is 3.27. The fourth-order valence-corrected chi connectivity index (χ4v) is 3.27. The molecule has 152 valence electrons. The van der Waals surface area contributed by atoms with Gasteiger partial charge in [0.05, 0.1) is 30.2 Å². The molecule has 0 saturated heterocycles. The van der Waals surface area contributed by atoms with E-state index in [1.807, 2.05) is 31.3 Å². The number of carbonyl (C=O) groups excluding carboxylic acids is 2. The molecule has 1 aliphatic heterocycles. The average Bonchev–Trinajstić information content (AvgIpc) is 2.99. The van der Waals surface area contributed by atoms with Crippen molar-refractivity contribution in [1.29, 1.82) is 0 Å². The number of aliphatic imine (C=N–C) groups is 1. The van der Waals surface area contributed by atoms with E-state index in [0.29, 0.717) is 30.2 Å². The average molecular weight is 393 g/mol. The maximum atomic E-state index is 13.1. The summed E-state index contributed by atoms with van der Waals surface area (Å²) < 4.78 is 5.00. The Morgan fingerprint density at radius 2 is 1.83 bits per heavy atom. The zero-order chi connectivity index (χ0) is 20.8. The lowest BCUT2D eigenvalue weighted by molar-refractivity contribution is -0.112. The van der Waals surface area contributed by atoms with Gasteiger partial charge in [0.2, 0.25) is 0 Å². The van der Waals surface area contributed by atoms with Crippen molar-refractivity contribution in [2.75, 3.05) is 31.8 Å². The molecule has 0 radical (unpaired) electrons. The van der Waals surface area contributed by atoms with Gasteiger partial charge in [0, 0.05) is 5.56 Å². The van der Waals surface area contributed by atoms with Crippen LogP contribution >= 0.6 is 0 Å². The Kier molecular flexibility index (Phi) is 6.77. The largest absolute Gasteiger partial charge is 0.462 e. The van der Waals surface area contributed by atoms with Crippen LogP contribution in [0.2, 0.25) is 0 Å². The van der Waals surface area contributed by atoms with Gasteiger partial charge in [-0.1, -0.05) is 31.5 Å². The first-order valence-corrected chi connectivity index (χ1v) is 10.0. The first-order chi connectivity index (χ1) is 14.0. The molecule has 0 atom stereocenters. The Bertz CT molecular complexity index is 906. The summed E-state index contributed by atoms with van der Waals surface area (Å²) in [4.78, 5) is 33.5. The number of rotatable bonds is 8. The normalized spacial score (nSPS) is 14.6. The van der Waals surface area contributed by atoms with E-state index in [-0.39, 0.29) is 11.9 Å². The lowest BCUT2D eigenvalue weighted by atomic mass is 10.1. The molecule has 2 aromatic rings. The molecular weight excluding hydrogens is 366 g/mol. The molecule has 0 unspecified atom stereocenters. The van der Waals surface area contributed by atoms with Crippen molar-refractivity contribution in [3.63, 3.8) is 0 Å². The quantitative estimate of drug-likeness (QED) is 0.636. The number of para-hydroxylation sites is 1.